The average Bonchev–Trinajstić information content (AvgIpc) is 2.87. The largest absolute Gasteiger partial charge is 0.301 e. The number of rotatable bonds is 3. The number of aromatic nitrogens is 2. The zero-order chi connectivity index (χ0) is 13.2. The molecular formula is C14H19N3OS. The van der Waals surface area contributed by atoms with Gasteiger partial charge in [-0.3, -0.25) is 9.36 Å². The Morgan fingerprint density at radius 2 is 2.37 bits per heavy atom. The van der Waals surface area contributed by atoms with Crippen LogP contribution in [0.25, 0.3) is 10.2 Å². The fourth-order valence-corrected chi connectivity index (χ4v) is 3.57. The number of thiophene rings is 1. The molecule has 0 radical (unpaired) electrons. The molecule has 2 aromatic rings. The number of hydrogen-bond donors (Lipinski definition) is 0. The summed E-state index contributed by atoms with van der Waals surface area (Å²) in [6.45, 7) is 6.31. The molecule has 0 aromatic carbocycles. The van der Waals surface area contributed by atoms with Crippen molar-refractivity contribution in [3.05, 3.63) is 28.1 Å². The third-order valence-electron chi connectivity index (χ3n) is 3.83. The van der Waals surface area contributed by atoms with Crippen LogP contribution in [-0.4, -0.2) is 34.1 Å². The van der Waals surface area contributed by atoms with Gasteiger partial charge in [-0.1, -0.05) is 6.92 Å². The zero-order valence-corrected chi connectivity index (χ0v) is 12.0. The monoisotopic (exact) mass is 277 g/mol. The third kappa shape index (κ3) is 2.72. The van der Waals surface area contributed by atoms with E-state index in [1.807, 2.05) is 11.4 Å². The highest BCUT2D eigenvalue weighted by Crippen LogP contribution is 2.15. The van der Waals surface area contributed by atoms with Gasteiger partial charge in [0, 0.05) is 19.6 Å². The summed E-state index contributed by atoms with van der Waals surface area (Å²) in [5.41, 5.74) is 0.919. The molecule has 0 aliphatic carbocycles. The fraction of sp³-hybridized carbons (Fsp3) is 0.571. The van der Waals surface area contributed by atoms with E-state index in [0.29, 0.717) is 0 Å². The van der Waals surface area contributed by atoms with Crippen LogP contribution in [0.1, 0.15) is 19.8 Å². The molecule has 1 aliphatic rings. The topological polar surface area (TPSA) is 38.1 Å². The van der Waals surface area contributed by atoms with Gasteiger partial charge in [-0.2, -0.15) is 0 Å². The first-order chi connectivity index (χ1) is 9.24. The highest BCUT2D eigenvalue weighted by molar-refractivity contribution is 7.17. The SMILES string of the molecule is C[C@H]1CCCN(CCn2cnc3ccsc3c2=O)C1. The van der Waals surface area contributed by atoms with Crippen LogP contribution in [0.15, 0.2) is 22.6 Å². The van der Waals surface area contributed by atoms with Gasteiger partial charge in [0.15, 0.2) is 0 Å². The Labute approximate surface area is 116 Å². The van der Waals surface area contributed by atoms with Crippen molar-refractivity contribution in [2.75, 3.05) is 19.6 Å². The molecule has 0 unspecified atom stereocenters. The normalized spacial score (nSPS) is 21.0. The van der Waals surface area contributed by atoms with E-state index >= 15 is 0 Å². The highest BCUT2D eigenvalue weighted by Gasteiger charge is 2.16. The van der Waals surface area contributed by atoms with Crippen LogP contribution in [-0.2, 0) is 6.54 Å². The minimum Gasteiger partial charge on any atom is -0.301 e. The van der Waals surface area contributed by atoms with E-state index in [2.05, 4.69) is 16.8 Å². The fourth-order valence-electron chi connectivity index (χ4n) is 2.78. The Morgan fingerprint density at radius 1 is 1.47 bits per heavy atom. The molecule has 0 amide bonds. The molecule has 3 rings (SSSR count). The maximum atomic E-state index is 12.2. The lowest BCUT2D eigenvalue weighted by Gasteiger charge is -2.30. The second-order valence-corrected chi connectivity index (χ2v) is 6.34. The van der Waals surface area contributed by atoms with E-state index in [-0.39, 0.29) is 5.56 Å². The first kappa shape index (κ1) is 12.8. The van der Waals surface area contributed by atoms with E-state index in [4.69, 9.17) is 0 Å². The summed E-state index contributed by atoms with van der Waals surface area (Å²) in [5, 5.41) is 1.93. The molecule has 1 aliphatic heterocycles. The molecule has 0 bridgehead atoms. The first-order valence-electron chi connectivity index (χ1n) is 6.89. The van der Waals surface area contributed by atoms with Crippen LogP contribution in [0, 0.1) is 5.92 Å². The Balaban J connectivity index is 1.71. The maximum Gasteiger partial charge on any atom is 0.271 e. The summed E-state index contributed by atoms with van der Waals surface area (Å²) in [6, 6.07) is 1.90. The summed E-state index contributed by atoms with van der Waals surface area (Å²) in [6.07, 6.45) is 4.29. The molecular weight excluding hydrogens is 258 g/mol. The lowest BCUT2D eigenvalue weighted by molar-refractivity contribution is 0.177. The van der Waals surface area contributed by atoms with Crippen LogP contribution in [0.5, 0.6) is 0 Å². The minimum absolute atomic E-state index is 0.102. The second-order valence-electron chi connectivity index (χ2n) is 5.43. The molecule has 4 nitrogen and oxygen atoms in total. The quantitative estimate of drug-likeness (QED) is 0.863. The molecule has 0 spiro atoms. The molecule has 19 heavy (non-hydrogen) atoms. The van der Waals surface area contributed by atoms with Gasteiger partial charge in [0.25, 0.3) is 5.56 Å². The van der Waals surface area contributed by atoms with Crippen molar-refractivity contribution in [3.8, 4) is 0 Å². The van der Waals surface area contributed by atoms with E-state index in [1.165, 1.54) is 24.2 Å². The summed E-state index contributed by atoms with van der Waals surface area (Å²) in [7, 11) is 0. The third-order valence-corrected chi connectivity index (χ3v) is 4.73. The molecule has 5 heteroatoms. The van der Waals surface area contributed by atoms with Crippen molar-refractivity contribution in [2.45, 2.75) is 26.3 Å². The summed E-state index contributed by atoms with van der Waals surface area (Å²) < 4.78 is 2.52. The molecule has 0 saturated carbocycles. The van der Waals surface area contributed by atoms with E-state index in [0.717, 1.165) is 42.3 Å². The van der Waals surface area contributed by atoms with Crippen LogP contribution in [0.4, 0.5) is 0 Å². The summed E-state index contributed by atoms with van der Waals surface area (Å²) >= 11 is 1.48. The Morgan fingerprint density at radius 3 is 3.21 bits per heavy atom. The molecule has 0 N–H and O–H groups in total. The van der Waals surface area contributed by atoms with Gasteiger partial charge in [0.05, 0.1) is 11.8 Å². The van der Waals surface area contributed by atoms with E-state index in [9.17, 15) is 4.79 Å². The minimum atomic E-state index is 0.102. The molecule has 1 saturated heterocycles. The van der Waals surface area contributed by atoms with Gasteiger partial charge in [-0.25, -0.2) is 4.98 Å². The second kappa shape index (κ2) is 5.43. The van der Waals surface area contributed by atoms with E-state index in [1.54, 1.807) is 10.9 Å². The number of likely N-dealkylation sites (tertiary alicyclic amines) is 1. The van der Waals surface area contributed by atoms with Crippen molar-refractivity contribution >= 4 is 21.6 Å². The van der Waals surface area contributed by atoms with E-state index < -0.39 is 0 Å². The van der Waals surface area contributed by atoms with Gasteiger partial charge in [-0.15, -0.1) is 11.3 Å². The standard InChI is InChI=1S/C14H19N3OS/c1-11-3-2-5-16(9-11)6-7-17-10-15-12-4-8-19-13(12)14(17)18/h4,8,10-11H,2-3,5-7,9H2,1H3/t11-/m0/s1. The average molecular weight is 277 g/mol. The maximum absolute atomic E-state index is 12.2. The number of piperidine rings is 1. The van der Waals surface area contributed by atoms with Crippen molar-refractivity contribution in [2.24, 2.45) is 5.92 Å². The molecule has 2 aromatic heterocycles. The van der Waals surface area contributed by atoms with Crippen molar-refractivity contribution in [1.82, 2.24) is 14.5 Å². The number of nitrogens with zero attached hydrogens (tertiary/aromatic N) is 3. The summed E-state index contributed by atoms with van der Waals surface area (Å²) in [5.74, 6) is 0.781. The Kier molecular flexibility index (Phi) is 3.66. The Bertz CT molecular complexity index is 618. The first-order valence-corrected chi connectivity index (χ1v) is 7.77. The van der Waals surface area contributed by atoms with Gasteiger partial charge in [0.1, 0.15) is 4.70 Å². The highest BCUT2D eigenvalue weighted by atomic mass is 32.1. The van der Waals surface area contributed by atoms with Crippen LogP contribution >= 0.6 is 11.3 Å². The van der Waals surface area contributed by atoms with Crippen molar-refractivity contribution in [1.29, 1.82) is 0 Å². The molecule has 102 valence electrons. The molecule has 1 fully saturated rings. The Hall–Kier alpha value is -1.20. The molecule has 3 heterocycles. The zero-order valence-electron chi connectivity index (χ0n) is 11.2. The predicted octanol–water partition coefficient (Wildman–Crippen LogP) is 2.19. The molecule has 1 atom stereocenters. The van der Waals surface area contributed by atoms with Crippen LogP contribution in [0.3, 0.4) is 0 Å². The summed E-state index contributed by atoms with van der Waals surface area (Å²) in [4.78, 5) is 19.0. The van der Waals surface area contributed by atoms with Crippen LogP contribution < -0.4 is 5.56 Å². The number of hydrogen-bond acceptors (Lipinski definition) is 4. The van der Waals surface area contributed by atoms with Crippen LogP contribution in [0.2, 0.25) is 0 Å². The van der Waals surface area contributed by atoms with Gasteiger partial charge >= 0.3 is 0 Å². The van der Waals surface area contributed by atoms with Crippen molar-refractivity contribution < 1.29 is 0 Å². The van der Waals surface area contributed by atoms with Gasteiger partial charge in [-0.05, 0) is 36.8 Å². The smallest absolute Gasteiger partial charge is 0.271 e. The van der Waals surface area contributed by atoms with Gasteiger partial charge < -0.3 is 4.90 Å². The predicted molar refractivity (Wildman–Crippen MR) is 78.7 cm³/mol. The lowest BCUT2D eigenvalue weighted by atomic mass is 10.0. The van der Waals surface area contributed by atoms with Gasteiger partial charge in [0.2, 0.25) is 0 Å². The van der Waals surface area contributed by atoms with Crippen molar-refractivity contribution in [3.63, 3.8) is 0 Å². The lowest BCUT2D eigenvalue weighted by Crippen LogP contribution is -2.37. The number of fused-ring (bicyclic) bond motifs is 1.